The molecule has 1 aliphatic rings. The second-order valence-corrected chi connectivity index (χ2v) is 4.51. The summed E-state index contributed by atoms with van der Waals surface area (Å²) in [6.45, 7) is 4.37. The predicted octanol–water partition coefficient (Wildman–Crippen LogP) is 3.03. The molecule has 0 aliphatic heterocycles. The van der Waals surface area contributed by atoms with Gasteiger partial charge in [0.15, 0.2) is 0 Å². The summed E-state index contributed by atoms with van der Waals surface area (Å²) >= 11 is 0. The van der Waals surface area contributed by atoms with Crippen LogP contribution >= 0.6 is 0 Å². The zero-order valence-corrected chi connectivity index (χ0v) is 10.5. The molecule has 1 N–H and O–H groups in total. The van der Waals surface area contributed by atoms with Crippen LogP contribution in [0.15, 0.2) is 36.4 Å². The van der Waals surface area contributed by atoms with Crippen LogP contribution in [0.1, 0.15) is 30.9 Å². The van der Waals surface area contributed by atoms with Crippen molar-refractivity contribution in [2.24, 2.45) is 0 Å². The van der Waals surface area contributed by atoms with E-state index in [2.05, 4.69) is 29.6 Å². The van der Waals surface area contributed by atoms with Crippen molar-refractivity contribution >= 4 is 0 Å². The van der Waals surface area contributed by atoms with Crippen LogP contribution in [-0.4, -0.2) is 12.6 Å². The second kappa shape index (κ2) is 6.58. The minimum atomic E-state index is 0.695. The fourth-order valence-electron chi connectivity index (χ4n) is 1.75. The Balaban J connectivity index is 1.84. The van der Waals surface area contributed by atoms with Crippen molar-refractivity contribution in [3.05, 3.63) is 47.5 Å². The molecule has 0 aromatic heterocycles. The van der Waals surface area contributed by atoms with Crippen molar-refractivity contribution in [1.29, 1.82) is 0 Å². The molecule has 0 saturated heterocycles. The highest BCUT2D eigenvalue weighted by atomic mass is 16.5. The van der Waals surface area contributed by atoms with Crippen LogP contribution < -0.4 is 5.32 Å². The number of rotatable bonds is 7. The lowest BCUT2D eigenvalue weighted by atomic mass is 10.1. The Morgan fingerprint density at radius 2 is 2.06 bits per heavy atom. The monoisotopic (exact) mass is 231 g/mol. The van der Waals surface area contributed by atoms with Crippen LogP contribution in [-0.2, 0) is 17.9 Å². The first kappa shape index (κ1) is 12.3. The van der Waals surface area contributed by atoms with Gasteiger partial charge in [0.1, 0.15) is 0 Å². The third kappa shape index (κ3) is 4.33. The molecule has 92 valence electrons. The summed E-state index contributed by atoms with van der Waals surface area (Å²) in [5.41, 5.74) is 2.66. The average molecular weight is 231 g/mol. The minimum absolute atomic E-state index is 0.695. The Morgan fingerprint density at radius 1 is 1.29 bits per heavy atom. The third-order valence-corrected chi connectivity index (χ3v) is 2.98. The molecule has 0 radical (unpaired) electrons. The highest BCUT2D eigenvalue weighted by Crippen LogP contribution is 2.20. The smallest absolute Gasteiger partial charge is 0.0724 e. The number of hydrogen-bond acceptors (Lipinski definition) is 2. The van der Waals surface area contributed by atoms with E-state index in [1.807, 2.05) is 19.1 Å². The SMILES string of the molecule is C/C=C/COCc1ccccc1CNC1CC1. The molecule has 1 saturated carbocycles. The molecule has 0 bridgehead atoms. The first-order chi connectivity index (χ1) is 8.40. The zero-order valence-electron chi connectivity index (χ0n) is 10.5. The fraction of sp³-hybridized carbons (Fsp3) is 0.467. The Hall–Kier alpha value is -1.12. The van der Waals surface area contributed by atoms with E-state index in [1.54, 1.807) is 0 Å². The molecule has 0 atom stereocenters. The van der Waals surface area contributed by atoms with E-state index >= 15 is 0 Å². The van der Waals surface area contributed by atoms with Gasteiger partial charge in [0.25, 0.3) is 0 Å². The molecule has 1 aromatic carbocycles. The number of ether oxygens (including phenoxy) is 1. The van der Waals surface area contributed by atoms with Crippen molar-refractivity contribution in [3.8, 4) is 0 Å². The molecule has 1 aliphatic carbocycles. The lowest BCUT2D eigenvalue weighted by Gasteiger charge is -2.10. The Kier molecular flexibility index (Phi) is 4.77. The molecular formula is C15H21NO. The van der Waals surface area contributed by atoms with E-state index in [-0.39, 0.29) is 0 Å². The number of nitrogens with one attached hydrogen (secondary N) is 1. The highest BCUT2D eigenvalue weighted by Gasteiger charge is 2.20. The van der Waals surface area contributed by atoms with Crippen molar-refractivity contribution in [1.82, 2.24) is 5.32 Å². The normalized spacial score (nSPS) is 15.6. The molecule has 0 amide bonds. The molecule has 0 heterocycles. The molecule has 2 rings (SSSR count). The first-order valence-electron chi connectivity index (χ1n) is 6.39. The molecule has 0 spiro atoms. The standard InChI is InChI=1S/C15H21NO/c1-2-3-10-17-12-14-7-5-4-6-13(14)11-16-15-8-9-15/h2-7,15-16H,8-12H2,1H3/b3-2+. The summed E-state index contributed by atoms with van der Waals surface area (Å²) in [4.78, 5) is 0. The summed E-state index contributed by atoms with van der Waals surface area (Å²) in [6, 6.07) is 9.27. The van der Waals surface area contributed by atoms with E-state index < -0.39 is 0 Å². The molecule has 0 unspecified atom stereocenters. The quantitative estimate of drug-likeness (QED) is 0.575. The largest absolute Gasteiger partial charge is 0.373 e. The first-order valence-corrected chi connectivity index (χ1v) is 6.39. The van der Waals surface area contributed by atoms with Gasteiger partial charge >= 0.3 is 0 Å². The summed E-state index contributed by atoms with van der Waals surface area (Å²) in [7, 11) is 0. The van der Waals surface area contributed by atoms with Gasteiger partial charge in [-0.1, -0.05) is 36.4 Å². The van der Waals surface area contributed by atoms with Gasteiger partial charge < -0.3 is 10.1 Å². The van der Waals surface area contributed by atoms with E-state index in [1.165, 1.54) is 24.0 Å². The van der Waals surface area contributed by atoms with Crippen LogP contribution in [0, 0.1) is 0 Å². The van der Waals surface area contributed by atoms with Crippen molar-refractivity contribution in [2.45, 2.75) is 39.0 Å². The molecular weight excluding hydrogens is 210 g/mol. The van der Waals surface area contributed by atoms with Gasteiger partial charge in [0.05, 0.1) is 13.2 Å². The van der Waals surface area contributed by atoms with E-state index in [4.69, 9.17) is 4.74 Å². The maximum atomic E-state index is 5.61. The third-order valence-electron chi connectivity index (χ3n) is 2.98. The number of benzene rings is 1. The Morgan fingerprint density at radius 3 is 2.76 bits per heavy atom. The second-order valence-electron chi connectivity index (χ2n) is 4.51. The maximum absolute atomic E-state index is 5.61. The average Bonchev–Trinajstić information content (AvgIpc) is 3.17. The summed E-state index contributed by atoms with van der Waals surface area (Å²) < 4.78 is 5.61. The Labute approximate surface area is 104 Å². The lowest BCUT2D eigenvalue weighted by Crippen LogP contribution is -2.16. The molecule has 2 nitrogen and oxygen atoms in total. The van der Waals surface area contributed by atoms with Crippen LogP contribution in [0.5, 0.6) is 0 Å². The summed E-state index contributed by atoms with van der Waals surface area (Å²) in [5, 5.41) is 3.55. The molecule has 17 heavy (non-hydrogen) atoms. The van der Waals surface area contributed by atoms with Gasteiger partial charge in [0, 0.05) is 12.6 Å². The predicted molar refractivity (Wildman–Crippen MR) is 70.8 cm³/mol. The summed E-state index contributed by atoms with van der Waals surface area (Å²) in [6.07, 6.45) is 6.71. The summed E-state index contributed by atoms with van der Waals surface area (Å²) in [5.74, 6) is 0. The van der Waals surface area contributed by atoms with Crippen LogP contribution in [0.2, 0.25) is 0 Å². The van der Waals surface area contributed by atoms with E-state index in [0.29, 0.717) is 13.2 Å². The minimum Gasteiger partial charge on any atom is -0.373 e. The van der Waals surface area contributed by atoms with Gasteiger partial charge in [0.2, 0.25) is 0 Å². The molecule has 1 aromatic rings. The van der Waals surface area contributed by atoms with Crippen LogP contribution in [0.4, 0.5) is 0 Å². The van der Waals surface area contributed by atoms with E-state index in [9.17, 15) is 0 Å². The van der Waals surface area contributed by atoms with Gasteiger partial charge in [-0.15, -0.1) is 0 Å². The van der Waals surface area contributed by atoms with Gasteiger partial charge in [-0.05, 0) is 30.9 Å². The zero-order chi connectivity index (χ0) is 11.9. The van der Waals surface area contributed by atoms with Crippen molar-refractivity contribution in [3.63, 3.8) is 0 Å². The van der Waals surface area contributed by atoms with Crippen LogP contribution in [0.25, 0.3) is 0 Å². The van der Waals surface area contributed by atoms with E-state index in [0.717, 1.165) is 12.6 Å². The van der Waals surface area contributed by atoms with Crippen molar-refractivity contribution < 1.29 is 4.74 Å². The number of allylic oxidation sites excluding steroid dienone is 1. The van der Waals surface area contributed by atoms with Crippen molar-refractivity contribution in [2.75, 3.05) is 6.61 Å². The fourth-order valence-corrected chi connectivity index (χ4v) is 1.75. The topological polar surface area (TPSA) is 21.3 Å². The highest BCUT2D eigenvalue weighted by molar-refractivity contribution is 5.26. The Bertz CT molecular complexity index is 369. The molecule has 2 heteroatoms. The van der Waals surface area contributed by atoms with Gasteiger partial charge in [-0.3, -0.25) is 0 Å². The number of hydrogen-bond donors (Lipinski definition) is 1. The van der Waals surface area contributed by atoms with Gasteiger partial charge in [-0.2, -0.15) is 0 Å². The maximum Gasteiger partial charge on any atom is 0.0724 e. The van der Waals surface area contributed by atoms with Gasteiger partial charge in [-0.25, -0.2) is 0 Å². The molecule has 1 fully saturated rings. The van der Waals surface area contributed by atoms with Crippen LogP contribution in [0.3, 0.4) is 0 Å². The lowest BCUT2D eigenvalue weighted by molar-refractivity contribution is 0.148.